The van der Waals surface area contributed by atoms with E-state index in [1.54, 1.807) is 6.07 Å². The maximum atomic E-state index is 14.3. The van der Waals surface area contributed by atoms with Crippen molar-refractivity contribution in [3.63, 3.8) is 0 Å². The Morgan fingerprint density at radius 1 is 1.18 bits per heavy atom. The van der Waals surface area contributed by atoms with Crippen LogP contribution in [-0.2, 0) is 5.60 Å². The Kier molecular flexibility index (Phi) is 6.07. The van der Waals surface area contributed by atoms with E-state index in [0.717, 1.165) is 12.1 Å². The van der Waals surface area contributed by atoms with Gasteiger partial charge in [-0.05, 0) is 48.0 Å². The molecular weight excluding hydrogens is 456 g/mol. The second-order valence-electron chi connectivity index (χ2n) is 8.08. The van der Waals surface area contributed by atoms with Crippen LogP contribution in [-0.4, -0.2) is 62.0 Å². The number of halogens is 4. The highest BCUT2D eigenvalue weighted by Crippen LogP contribution is 2.48. The molecule has 1 aromatic heterocycles. The number of nitriles is 1. The minimum atomic E-state index is -5.10. The van der Waals surface area contributed by atoms with Crippen LogP contribution in [0.2, 0.25) is 0 Å². The van der Waals surface area contributed by atoms with Gasteiger partial charge < -0.3 is 20.2 Å². The Hall–Kier alpha value is -3.46. The molecule has 0 fully saturated rings. The van der Waals surface area contributed by atoms with Gasteiger partial charge in [0.15, 0.2) is 5.60 Å². The molecule has 0 saturated heterocycles. The second kappa shape index (κ2) is 8.72. The van der Waals surface area contributed by atoms with Gasteiger partial charge in [-0.2, -0.15) is 23.5 Å². The lowest BCUT2D eigenvalue weighted by molar-refractivity contribution is -0.281. The van der Waals surface area contributed by atoms with Crippen LogP contribution in [0.25, 0.3) is 16.6 Å². The monoisotopic (exact) mass is 476 g/mol. The Labute approximate surface area is 191 Å². The van der Waals surface area contributed by atoms with Crippen molar-refractivity contribution in [2.75, 3.05) is 19.7 Å². The molecule has 0 saturated carbocycles. The molecule has 3 unspecified atom stereocenters. The van der Waals surface area contributed by atoms with E-state index in [2.05, 4.69) is 5.10 Å². The summed E-state index contributed by atoms with van der Waals surface area (Å²) in [5.74, 6) is -1.99. The molecule has 2 aromatic carbocycles. The lowest BCUT2D eigenvalue weighted by Crippen LogP contribution is -2.50. The zero-order valence-corrected chi connectivity index (χ0v) is 17.6. The summed E-state index contributed by atoms with van der Waals surface area (Å²) in [6.07, 6.45) is -3.98. The normalized spacial score (nSPS) is 19.1. The predicted molar refractivity (Wildman–Crippen MR) is 113 cm³/mol. The third kappa shape index (κ3) is 4.00. The molecule has 0 spiro atoms. The van der Waals surface area contributed by atoms with Gasteiger partial charge in [-0.15, -0.1) is 0 Å². The van der Waals surface area contributed by atoms with Crippen LogP contribution >= 0.6 is 0 Å². The standard InChI is InChI=1S/C23H20F4N4O3/c24-17-2-4-18(5-3-17)31-21-6-1-15(7-14(21)10-29-31)22(34,23(25,26)27)16-8-19(9-28)30(11-16)12-20(33)13-32/h1-8,10,16,20,32-34H,11-13H2. The molecular formula is C23H20F4N4O3. The van der Waals surface area contributed by atoms with Gasteiger partial charge in [-0.25, -0.2) is 9.07 Å². The van der Waals surface area contributed by atoms with Crippen LogP contribution in [0, 0.1) is 23.1 Å². The van der Waals surface area contributed by atoms with Crippen molar-refractivity contribution in [1.82, 2.24) is 14.7 Å². The zero-order chi connectivity index (χ0) is 24.7. The predicted octanol–water partition coefficient (Wildman–Crippen LogP) is 2.61. The van der Waals surface area contributed by atoms with Crippen molar-refractivity contribution < 1.29 is 32.9 Å². The summed E-state index contributed by atoms with van der Waals surface area (Å²) in [4.78, 5) is 1.20. The molecule has 0 radical (unpaired) electrons. The average molecular weight is 476 g/mol. The molecule has 4 rings (SSSR count). The van der Waals surface area contributed by atoms with Gasteiger partial charge in [-0.3, -0.25) is 0 Å². The number of alkyl halides is 3. The zero-order valence-electron chi connectivity index (χ0n) is 17.6. The second-order valence-corrected chi connectivity index (χ2v) is 8.08. The summed E-state index contributed by atoms with van der Waals surface area (Å²) in [7, 11) is 0. The van der Waals surface area contributed by atoms with Crippen LogP contribution in [0.15, 0.2) is 60.4 Å². The number of benzene rings is 2. The summed E-state index contributed by atoms with van der Waals surface area (Å²) < 4.78 is 57.6. The smallest absolute Gasteiger partial charge is 0.394 e. The van der Waals surface area contributed by atoms with Crippen LogP contribution in [0.5, 0.6) is 0 Å². The highest BCUT2D eigenvalue weighted by molar-refractivity contribution is 5.81. The van der Waals surface area contributed by atoms with Crippen LogP contribution in [0.3, 0.4) is 0 Å². The topological polar surface area (TPSA) is 106 Å². The Morgan fingerprint density at radius 2 is 1.88 bits per heavy atom. The van der Waals surface area contributed by atoms with Crippen molar-refractivity contribution in [2.45, 2.75) is 17.9 Å². The van der Waals surface area contributed by atoms with Crippen molar-refractivity contribution in [3.05, 3.63) is 71.8 Å². The number of aliphatic hydroxyl groups excluding tert-OH is 2. The van der Waals surface area contributed by atoms with Crippen molar-refractivity contribution in [1.29, 1.82) is 5.26 Å². The Morgan fingerprint density at radius 3 is 2.50 bits per heavy atom. The summed E-state index contributed by atoms with van der Waals surface area (Å²) in [5, 5.41) is 43.6. The van der Waals surface area contributed by atoms with Gasteiger partial charge in [-0.1, -0.05) is 6.07 Å². The molecule has 1 aliphatic heterocycles. The minimum Gasteiger partial charge on any atom is -0.394 e. The van der Waals surface area contributed by atoms with Gasteiger partial charge in [0.2, 0.25) is 0 Å². The lowest BCUT2D eigenvalue weighted by atomic mass is 9.80. The van der Waals surface area contributed by atoms with Crippen molar-refractivity contribution >= 4 is 10.9 Å². The Bertz CT molecular complexity index is 1270. The summed E-state index contributed by atoms with van der Waals surface area (Å²) in [6.45, 7) is -1.27. The number of aliphatic hydroxyl groups is 3. The lowest BCUT2D eigenvalue weighted by Gasteiger charge is -2.36. The van der Waals surface area contributed by atoms with E-state index < -0.39 is 41.8 Å². The third-order valence-corrected chi connectivity index (χ3v) is 5.92. The third-order valence-electron chi connectivity index (χ3n) is 5.92. The molecule has 2 heterocycles. The molecule has 1 aliphatic rings. The van der Waals surface area contributed by atoms with Crippen molar-refractivity contribution in [3.8, 4) is 11.8 Å². The van der Waals surface area contributed by atoms with E-state index in [4.69, 9.17) is 5.11 Å². The highest BCUT2D eigenvalue weighted by atomic mass is 19.4. The maximum absolute atomic E-state index is 14.3. The van der Waals surface area contributed by atoms with E-state index in [1.807, 2.05) is 0 Å². The number of hydrogen-bond donors (Lipinski definition) is 3. The average Bonchev–Trinajstić information content (AvgIpc) is 3.42. The first-order valence-electron chi connectivity index (χ1n) is 10.3. The minimum absolute atomic E-state index is 0.134. The fourth-order valence-electron chi connectivity index (χ4n) is 4.18. The first kappa shape index (κ1) is 23.7. The summed E-state index contributed by atoms with van der Waals surface area (Å²) >= 11 is 0. The molecule has 34 heavy (non-hydrogen) atoms. The number of aromatic nitrogens is 2. The number of nitrogens with zero attached hydrogens (tertiary/aromatic N) is 4. The van der Waals surface area contributed by atoms with E-state index >= 15 is 0 Å². The Balaban J connectivity index is 1.75. The molecule has 3 aromatic rings. The molecule has 0 aliphatic carbocycles. The number of allylic oxidation sites excluding steroid dienone is 1. The van der Waals surface area contributed by atoms with E-state index in [9.17, 15) is 33.0 Å². The van der Waals surface area contributed by atoms with Crippen molar-refractivity contribution in [2.24, 2.45) is 5.92 Å². The number of hydrogen-bond acceptors (Lipinski definition) is 6. The molecule has 11 heteroatoms. The quantitative estimate of drug-likeness (QED) is 0.473. The number of fused-ring (bicyclic) bond motifs is 1. The van der Waals surface area contributed by atoms with E-state index in [0.29, 0.717) is 16.6 Å². The van der Waals surface area contributed by atoms with Gasteiger partial charge in [0.1, 0.15) is 17.6 Å². The highest BCUT2D eigenvalue weighted by Gasteiger charge is 2.60. The first-order valence-corrected chi connectivity index (χ1v) is 10.3. The van der Waals surface area contributed by atoms with Gasteiger partial charge in [0.05, 0.1) is 30.1 Å². The van der Waals surface area contributed by atoms with E-state index in [-0.39, 0.29) is 18.8 Å². The van der Waals surface area contributed by atoms with Gasteiger partial charge in [0.25, 0.3) is 0 Å². The van der Waals surface area contributed by atoms with Crippen LogP contribution in [0.1, 0.15) is 5.56 Å². The molecule has 3 N–H and O–H groups in total. The van der Waals surface area contributed by atoms with Gasteiger partial charge in [0, 0.05) is 24.4 Å². The maximum Gasteiger partial charge on any atom is 0.422 e. The van der Waals surface area contributed by atoms with Gasteiger partial charge >= 0.3 is 6.18 Å². The number of β-amino-alcohol motifs (C(OH)–C–C–N with tert-alkyl or cyclic N) is 1. The largest absolute Gasteiger partial charge is 0.422 e. The molecule has 178 valence electrons. The van der Waals surface area contributed by atoms with Crippen LogP contribution in [0.4, 0.5) is 17.6 Å². The molecule has 0 amide bonds. The molecule has 0 bridgehead atoms. The molecule has 3 atom stereocenters. The first-order chi connectivity index (χ1) is 16.1. The fraction of sp³-hybridized carbons (Fsp3) is 0.304. The molecule has 7 nitrogen and oxygen atoms in total. The fourth-order valence-corrected chi connectivity index (χ4v) is 4.18. The summed E-state index contributed by atoms with van der Waals surface area (Å²) in [6, 6.07) is 10.9. The number of rotatable bonds is 6. The summed E-state index contributed by atoms with van der Waals surface area (Å²) in [5.41, 5.74) is -2.95. The van der Waals surface area contributed by atoms with Crippen LogP contribution < -0.4 is 0 Å². The SMILES string of the molecule is N#CC1=CC(C(O)(c2ccc3c(cnn3-c3ccc(F)cc3)c2)C(F)(F)F)CN1CC(O)CO. The van der Waals surface area contributed by atoms with E-state index in [1.165, 1.54) is 52.2 Å².